The van der Waals surface area contributed by atoms with Gasteiger partial charge in [-0.1, -0.05) is 0 Å². The highest BCUT2D eigenvalue weighted by atomic mass is 16.5. The van der Waals surface area contributed by atoms with E-state index in [0.29, 0.717) is 13.2 Å². The molecule has 0 aliphatic carbocycles. The van der Waals surface area contributed by atoms with Crippen molar-refractivity contribution in [1.29, 1.82) is 0 Å². The zero-order valence-corrected chi connectivity index (χ0v) is 4.13. The number of hydrogen-bond acceptors (Lipinski definition) is 2. The van der Waals surface area contributed by atoms with Crippen LogP contribution in [0.3, 0.4) is 0 Å². The fourth-order valence-corrected chi connectivity index (χ4v) is 0.587. The zero-order chi connectivity index (χ0) is 5.28. The molecule has 0 aromatic heterocycles. The molecular weight excluding hydrogens is 94.0 g/mol. The van der Waals surface area contributed by atoms with Crippen LogP contribution < -0.4 is 5.73 Å². The Morgan fingerprint density at radius 3 is 2.43 bits per heavy atom. The van der Waals surface area contributed by atoms with Gasteiger partial charge in [0.25, 0.3) is 0 Å². The Balaban J connectivity index is 2.33. The van der Waals surface area contributed by atoms with Crippen molar-refractivity contribution in [3.8, 4) is 0 Å². The monoisotopic (exact) mass is 104 g/mol. The van der Waals surface area contributed by atoms with Crippen molar-refractivity contribution >= 4 is 0 Å². The van der Waals surface area contributed by atoms with Gasteiger partial charge in [0.05, 0.1) is 6.61 Å². The first-order chi connectivity index (χ1) is 3.30. The van der Waals surface area contributed by atoms with Crippen molar-refractivity contribution < 1.29 is 15.6 Å². The first-order valence-electron chi connectivity index (χ1n) is 2.39. The second-order valence-corrected chi connectivity index (χ2v) is 1.86. The fourth-order valence-electron chi connectivity index (χ4n) is 0.587. The minimum absolute atomic E-state index is 0.0972. The molecule has 0 spiro atoms. The Hall–Kier alpha value is -0.120. The third kappa shape index (κ3) is 0.907. The van der Waals surface area contributed by atoms with Crippen LogP contribution in [0.2, 0.25) is 0 Å². The summed E-state index contributed by atoms with van der Waals surface area (Å²) in [7, 11) is 0. The van der Waals surface area contributed by atoms with Crippen LogP contribution in [0, 0.1) is 0 Å². The average Bonchev–Trinajstić information content (AvgIpc) is 1.91. The molecule has 3 nitrogen and oxygen atoms in total. The second-order valence-electron chi connectivity index (χ2n) is 1.86. The van der Waals surface area contributed by atoms with Gasteiger partial charge in [-0.3, -0.25) is 0 Å². The van der Waals surface area contributed by atoms with Crippen LogP contribution in [0.15, 0.2) is 0 Å². The van der Waals surface area contributed by atoms with Crippen LogP contribution in [-0.2, 0) is 4.74 Å². The second kappa shape index (κ2) is 1.78. The maximum atomic E-state index is 8.81. The SMILES string of the molecule is [NH3+]C1COC[C@H]1O. The van der Waals surface area contributed by atoms with Crippen LogP contribution in [-0.4, -0.2) is 30.5 Å². The highest BCUT2D eigenvalue weighted by molar-refractivity contribution is 4.69. The van der Waals surface area contributed by atoms with Crippen LogP contribution in [0.25, 0.3) is 0 Å². The third-order valence-electron chi connectivity index (χ3n) is 1.16. The molecule has 1 saturated heterocycles. The molecular formula is C4H10NO2+. The molecule has 3 heteroatoms. The van der Waals surface area contributed by atoms with Gasteiger partial charge in [0.15, 0.2) is 0 Å². The van der Waals surface area contributed by atoms with E-state index in [1.165, 1.54) is 0 Å². The molecule has 1 unspecified atom stereocenters. The van der Waals surface area contributed by atoms with Crippen molar-refractivity contribution in [3.63, 3.8) is 0 Å². The Morgan fingerprint density at radius 1 is 1.57 bits per heavy atom. The van der Waals surface area contributed by atoms with Gasteiger partial charge >= 0.3 is 0 Å². The molecule has 1 fully saturated rings. The smallest absolute Gasteiger partial charge is 0.136 e. The minimum Gasteiger partial charge on any atom is -0.384 e. The van der Waals surface area contributed by atoms with Gasteiger partial charge in [0.1, 0.15) is 18.8 Å². The first kappa shape index (κ1) is 5.03. The van der Waals surface area contributed by atoms with E-state index >= 15 is 0 Å². The summed E-state index contributed by atoms with van der Waals surface area (Å²) >= 11 is 0. The molecule has 0 amide bonds. The summed E-state index contributed by atoms with van der Waals surface area (Å²) in [4.78, 5) is 0. The van der Waals surface area contributed by atoms with E-state index in [1.807, 2.05) is 0 Å². The average molecular weight is 104 g/mol. The zero-order valence-electron chi connectivity index (χ0n) is 4.13. The predicted octanol–water partition coefficient (Wildman–Crippen LogP) is -2.01. The Morgan fingerprint density at radius 2 is 2.29 bits per heavy atom. The lowest BCUT2D eigenvalue weighted by molar-refractivity contribution is -0.429. The summed E-state index contributed by atoms with van der Waals surface area (Å²) in [6.07, 6.45) is -0.319. The Labute approximate surface area is 42.1 Å². The molecule has 0 radical (unpaired) electrons. The van der Waals surface area contributed by atoms with E-state index in [9.17, 15) is 0 Å². The van der Waals surface area contributed by atoms with Crippen LogP contribution in [0.5, 0.6) is 0 Å². The topological polar surface area (TPSA) is 57.1 Å². The van der Waals surface area contributed by atoms with E-state index in [1.54, 1.807) is 0 Å². The molecule has 1 rings (SSSR count). The van der Waals surface area contributed by atoms with E-state index in [-0.39, 0.29) is 12.1 Å². The van der Waals surface area contributed by atoms with Gasteiger partial charge in [0, 0.05) is 0 Å². The third-order valence-corrected chi connectivity index (χ3v) is 1.16. The number of ether oxygens (including phenoxy) is 1. The standard InChI is InChI=1S/C4H9NO2/c5-3-1-7-2-4(3)6/h3-4,6H,1-2,5H2/p+1/t3?,4-/m1/s1. The Bertz CT molecular complexity index is 58.7. The largest absolute Gasteiger partial charge is 0.384 e. The van der Waals surface area contributed by atoms with Gasteiger partial charge in [-0.05, 0) is 0 Å². The number of aliphatic hydroxyl groups excluding tert-OH is 1. The molecule has 4 N–H and O–H groups in total. The maximum Gasteiger partial charge on any atom is 0.136 e. The highest BCUT2D eigenvalue weighted by Crippen LogP contribution is 1.98. The number of hydrogen-bond donors (Lipinski definition) is 2. The number of rotatable bonds is 0. The Kier molecular flexibility index (Phi) is 1.27. The highest BCUT2D eigenvalue weighted by Gasteiger charge is 2.24. The molecule has 0 bridgehead atoms. The van der Waals surface area contributed by atoms with Gasteiger partial charge in [-0.2, -0.15) is 0 Å². The molecule has 0 saturated carbocycles. The number of aliphatic hydroxyl groups is 1. The summed E-state index contributed by atoms with van der Waals surface area (Å²) in [5.74, 6) is 0. The predicted molar refractivity (Wildman–Crippen MR) is 23.5 cm³/mol. The van der Waals surface area contributed by atoms with Gasteiger partial charge in [-0.15, -0.1) is 0 Å². The molecule has 7 heavy (non-hydrogen) atoms. The van der Waals surface area contributed by atoms with E-state index < -0.39 is 0 Å². The van der Waals surface area contributed by atoms with Crippen molar-refractivity contribution in [2.24, 2.45) is 0 Å². The molecule has 2 atom stereocenters. The van der Waals surface area contributed by atoms with Crippen LogP contribution >= 0.6 is 0 Å². The fraction of sp³-hybridized carbons (Fsp3) is 1.00. The summed E-state index contributed by atoms with van der Waals surface area (Å²) < 4.78 is 4.86. The van der Waals surface area contributed by atoms with Crippen molar-refractivity contribution in [2.75, 3.05) is 13.2 Å². The summed E-state index contributed by atoms with van der Waals surface area (Å²) in [5.41, 5.74) is 3.64. The quantitative estimate of drug-likeness (QED) is 0.373. The van der Waals surface area contributed by atoms with Gasteiger partial charge in [0.2, 0.25) is 0 Å². The lowest BCUT2D eigenvalue weighted by Gasteiger charge is -1.97. The lowest BCUT2D eigenvalue weighted by atomic mass is 10.2. The van der Waals surface area contributed by atoms with E-state index in [0.717, 1.165) is 0 Å². The molecule has 1 heterocycles. The molecule has 0 aromatic carbocycles. The van der Waals surface area contributed by atoms with E-state index in [4.69, 9.17) is 9.84 Å². The van der Waals surface area contributed by atoms with E-state index in [2.05, 4.69) is 5.73 Å². The van der Waals surface area contributed by atoms with Crippen LogP contribution in [0.1, 0.15) is 0 Å². The molecule has 42 valence electrons. The van der Waals surface area contributed by atoms with Crippen LogP contribution in [0.4, 0.5) is 0 Å². The maximum absolute atomic E-state index is 8.81. The molecule has 0 aromatic rings. The lowest BCUT2D eigenvalue weighted by Crippen LogP contribution is -2.66. The normalized spacial score (nSPS) is 42.0. The van der Waals surface area contributed by atoms with Gasteiger partial charge < -0.3 is 15.6 Å². The summed E-state index contributed by atoms with van der Waals surface area (Å²) in [5, 5.41) is 8.81. The molecule has 1 aliphatic rings. The summed E-state index contributed by atoms with van der Waals surface area (Å²) in [6, 6.07) is 0.0972. The first-order valence-corrected chi connectivity index (χ1v) is 2.39. The van der Waals surface area contributed by atoms with Crippen molar-refractivity contribution in [2.45, 2.75) is 12.1 Å². The van der Waals surface area contributed by atoms with Gasteiger partial charge in [-0.25, -0.2) is 0 Å². The van der Waals surface area contributed by atoms with Crippen molar-refractivity contribution in [1.82, 2.24) is 0 Å². The number of quaternary nitrogens is 1. The summed E-state index contributed by atoms with van der Waals surface area (Å²) in [6.45, 7) is 1.08. The van der Waals surface area contributed by atoms with Crippen molar-refractivity contribution in [3.05, 3.63) is 0 Å². The minimum atomic E-state index is -0.319. The molecule has 1 aliphatic heterocycles.